The van der Waals surface area contributed by atoms with Gasteiger partial charge in [-0.15, -0.1) is 0 Å². The molecule has 262 valence electrons. The number of rotatable bonds is 11. The third kappa shape index (κ3) is 7.77. The molecule has 7 rings (SSSR count). The molecule has 3 amide bonds. The van der Waals surface area contributed by atoms with Crippen LogP contribution in [0.5, 0.6) is 46.0 Å². The number of ketones is 1. The normalized spacial score (nSPS) is 11.9. The number of imide groups is 1. The van der Waals surface area contributed by atoms with Gasteiger partial charge in [-0.2, -0.15) is 0 Å². The van der Waals surface area contributed by atoms with Crippen LogP contribution < -0.4 is 24.3 Å². The summed E-state index contributed by atoms with van der Waals surface area (Å²) in [5.74, 6) is 2.72. The van der Waals surface area contributed by atoms with Crippen molar-refractivity contribution < 1.29 is 38.1 Å². The number of hydrogen-bond acceptors (Lipinski definition) is 8. The lowest BCUT2D eigenvalue weighted by Gasteiger charge is -2.13. The van der Waals surface area contributed by atoms with Crippen LogP contribution in [0, 0.1) is 6.92 Å². The summed E-state index contributed by atoms with van der Waals surface area (Å²) in [6.45, 7) is 3.39. The topological polar surface area (TPSA) is 120 Å². The van der Waals surface area contributed by atoms with Crippen molar-refractivity contribution in [3.05, 3.63) is 161 Å². The minimum absolute atomic E-state index is 0.185. The van der Waals surface area contributed by atoms with Crippen LogP contribution in [0.15, 0.2) is 133 Å². The average molecular weight is 705 g/mol. The molecule has 0 fully saturated rings. The summed E-state index contributed by atoms with van der Waals surface area (Å²) >= 11 is 0. The highest BCUT2D eigenvalue weighted by molar-refractivity contribution is 6.21. The number of ether oxygens (including phenoxy) is 4. The summed E-state index contributed by atoms with van der Waals surface area (Å²) in [5.41, 5.74) is 2.59. The third-order valence-corrected chi connectivity index (χ3v) is 8.35. The maximum absolute atomic E-state index is 13.4. The molecular formula is C43H32N2O8. The first-order valence-electron chi connectivity index (χ1n) is 16.6. The largest absolute Gasteiger partial charge is 0.457 e. The molecule has 10 heteroatoms. The number of fused-ring (bicyclic) bond motifs is 1. The van der Waals surface area contributed by atoms with Crippen molar-refractivity contribution >= 4 is 29.2 Å². The number of aryl methyl sites for hydroxylation is 1. The standard InChI is InChI=1S/C43H32N2O8/c1-26-6-4-8-33(22-26)50-29-10-12-30(13-11-29)51-34-9-5-7-28(23-34)44-41(47)37-20-18-35(24-39(37)27(2)46)52-31-14-16-32(17-15-31)53-36-19-21-38-40(25-36)43(49)45(3)42(38)48/h4-25H,1-3H3,(H,44,47). The molecule has 10 nitrogen and oxygen atoms in total. The summed E-state index contributed by atoms with van der Waals surface area (Å²) in [6, 6.07) is 38.1. The molecule has 0 unspecified atom stereocenters. The molecule has 0 atom stereocenters. The molecule has 0 saturated carbocycles. The van der Waals surface area contributed by atoms with Crippen LogP contribution in [-0.2, 0) is 0 Å². The quantitative estimate of drug-likeness (QED) is 0.105. The van der Waals surface area contributed by atoms with Crippen LogP contribution in [0.1, 0.15) is 53.9 Å². The smallest absolute Gasteiger partial charge is 0.261 e. The van der Waals surface area contributed by atoms with E-state index in [9.17, 15) is 19.2 Å². The van der Waals surface area contributed by atoms with Gasteiger partial charge in [0, 0.05) is 24.4 Å². The van der Waals surface area contributed by atoms with Gasteiger partial charge in [0.05, 0.1) is 16.7 Å². The fourth-order valence-corrected chi connectivity index (χ4v) is 5.69. The van der Waals surface area contributed by atoms with E-state index in [4.69, 9.17) is 18.9 Å². The first-order valence-corrected chi connectivity index (χ1v) is 16.6. The Labute approximate surface area is 305 Å². The average Bonchev–Trinajstić information content (AvgIpc) is 3.36. The summed E-state index contributed by atoms with van der Waals surface area (Å²) in [6.07, 6.45) is 0. The second kappa shape index (κ2) is 14.6. The lowest BCUT2D eigenvalue weighted by Crippen LogP contribution is -2.24. The Bertz CT molecular complexity index is 2390. The van der Waals surface area contributed by atoms with E-state index in [0.29, 0.717) is 57.1 Å². The van der Waals surface area contributed by atoms with Crippen LogP contribution in [0.25, 0.3) is 0 Å². The maximum atomic E-state index is 13.4. The van der Waals surface area contributed by atoms with Crippen molar-refractivity contribution in [1.29, 1.82) is 0 Å². The molecular weight excluding hydrogens is 672 g/mol. The Hall–Kier alpha value is -7.20. The van der Waals surface area contributed by atoms with E-state index in [0.717, 1.165) is 16.2 Å². The van der Waals surface area contributed by atoms with Crippen molar-refractivity contribution in [1.82, 2.24) is 4.90 Å². The van der Waals surface area contributed by atoms with Gasteiger partial charge < -0.3 is 24.3 Å². The molecule has 0 spiro atoms. The van der Waals surface area contributed by atoms with E-state index >= 15 is 0 Å². The van der Waals surface area contributed by atoms with Gasteiger partial charge in [-0.05, 0) is 129 Å². The van der Waals surface area contributed by atoms with Gasteiger partial charge in [0.25, 0.3) is 17.7 Å². The van der Waals surface area contributed by atoms with E-state index in [-0.39, 0.29) is 28.7 Å². The summed E-state index contributed by atoms with van der Waals surface area (Å²) in [4.78, 5) is 51.6. The van der Waals surface area contributed by atoms with Crippen LogP contribution in [0.4, 0.5) is 5.69 Å². The van der Waals surface area contributed by atoms with Gasteiger partial charge in [0.2, 0.25) is 0 Å². The monoisotopic (exact) mass is 704 g/mol. The molecule has 1 aliphatic heterocycles. The molecule has 6 aromatic carbocycles. The van der Waals surface area contributed by atoms with Crippen LogP contribution >= 0.6 is 0 Å². The summed E-state index contributed by atoms with van der Waals surface area (Å²) < 4.78 is 23.8. The van der Waals surface area contributed by atoms with E-state index in [1.54, 1.807) is 84.9 Å². The first-order chi connectivity index (χ1) is 25.6. The highest BCUT2D eigenvalue weighted by Crippen LogP contribution is 2.32. The maximum Gasteiger partial charge on any atom is 0.261 e. The number of benzene rings is 6. The third-order valence-electron chi connectivity index (χ3n) is 8.35. The highest BCUT2D eigenvalue weighted by atomic mass is 16.5. The molecule has 0 bridgehead atoms. The fourth-order valence-electron chi connectivity index (χ4n) is 5.69. The molecule has 0 radical (unpaired) electrons. The van der Waals surface area contributed by atoms with Gasteiger partial charge in [-0.25, -0.2) is 0 Å². The fraction of sp³-hybridized carbons (Fsp3) is 0.0698. The van der Waals surface area contributed by atoms with Crippen molar-refractivity contribution in [3.8, 4) is 46.0 Å². The zero-order valence-electron chi connectivity index (χ0n) is 28.9. The molecule has 1 aliphatic rings. The predicted molar refractivity (Wildman–Crippen MR) is 198 cm³/mol. The van der Waals surface area contributed by atoms with Gasteiger partial charge in [0.15, 0.2) is 5.78 Å². The molecule has 1 heterocycles. The van der Waals surface area contributed by atoms with Crippen molar-refractivity contribution in [3.63, 3.8) is 0 Å². The summed E-state index contributed by atoms with van der Waals surface area (Å²) in [7, 11) is 1.44. The first kappa shape index (κ1) is 34.3. The number of hydrogen-bond donors (Lipinski definition) is 1. The SMILES string of the molecule is CC(=O)c1cc(Oc2ccc(Oc3ccc4c(c3)C(=O)N(C)C4=O)cc2)ccc1C(=O)Nc1cccc(Oc2ccc(Oc3cccc(C)c3)cc2)c1. The number of carbonyl (C=O) groups is 4. The minimum Gasteiger partial charge on any atom is -0.457 e. The van der Waals surface area contributed by atoms with Crippen molar-refractivity contribution in [2.75, 3.05) is 12.4 Å². The number of carbonyl (C=O) groups excluding carboxylic acids is 4. The second-order valence-electron chi connectivity index (χ2n) is 12.3. The van der Waals surface area contributed by atoms with Gasteiger partial charge in [-0.1, -0.05) is 18.2 Å². The molecule has 1 N–H and O–H groups in total. The zero-order valence-corrected chi connectivity index (χ0v) is 28.9. The van der Waals surface area contributed by atoms with E-state index in [1.165, 1.54) is 26.1 Å². The Balaban J connectivity index is 0.978. The van der Waals surface area contributed by atoms with Crippen LogP contribution in [-0.4, -0.2) is 35.5 Å². The number of nitrogens with one attached hydrogen (secondary N) is 1. The lowest BCUT2D eigenvalue weighted by molar-refractivity contribution is 0.0692. The van der Waals surface area contributed by atoms with Gasteiger partial charge >= 0.3 is 0 Å². The van der Waals surface area contributed by atoms with E-state index in [1.807, 2.05) is 43.3 Å². The van der Waals surface area contributed by atoms with Gasteiger partial charge in [-0.3, -0.25) is 24.1 Å². The molecule has 53 heavy (non-hydrogen) atoms. The van der Waals surface area contributed by atoms with Crippen molar-refractivity contribution in [2.45, 2.75) is 13.8 Å². The van der Waals surface area contributed by atoms with E-state index in [2.05, 4.69) is 5.32 Å². The molecule has 0 aliphatic carbocycles. The Kier molecular flexibility index (Phi) is 9.42. The molecule has 0 saturated heterocycles. The number of anilines is 1. The number of Topliss-reactive ketones (excluding diaryl/α,β-unsaturated/α-hetero) is 1. The van der Waals surface area contributed by atoms with Crippen LogP contribution in [0.2, 0.25) is 0 Å². The lowest BCUT2D eigenvalue weighted by atomic mass is 10.0. The zero-order chi connectivity index (χ0) is 37.1. The molecule has 0 aromatic heterocycles. The second-order valence-corrected chi connectivity index (χ2v) is 12.3. The summed E-state index contributed by atoms with van der Waals surface area (Å²) in [5, 5.41) is 2.85. The Morgan fingerprint density at radius 2 is 0.981 bits per heavy atom. The number of nitrogens with zero attached hydrogens (tertiary/aromatic N) is 1. The highest BCUT2D eigenvalue weighted by Gasteiger charge is 2.33. The number of amides is 3. The van der Waals surface area contributed by atoms with Crippen LogP contribution in [0.3, 0.4) is 0 Å². The predicted octanol–water partition coefficient (Wildman–Crippen LogP) is 9.84. The molecule has 6 aromatic rings. The Morgan fingerprint density at radius 1 is 0.509 bits per heavy atom. The van der Waals surface area contributed by atoms with Gasteiger partial charge in [0.1, 0.15) is 46.0 Å². The minimum atomic E-state index is -0.470. The Morgan fingerprint density at radius 3 is 1.55 bits per heavy atom. The van der Waals surface area contributed by atoms with Crippen molar-refractivity contribution in [2.24, 2.45) is 0 Å². The van der Waals surface area contributed by atoms with E-state index < -0.39 is 5.91 Å².